The van der Waals surface area contributed by atoms with Gasteiger partial charge in [-0.3, -0.25) is 4.79 Å². The maximum atomic E-state index is 13.2. The maximum absolute atomic E-state index is 13.2. The van der Waals surface area contributed by atoms with Crippen molar-refractivity contribution < 1.29 is 22.7 Å². The van der Waals surface area contributed by atoms with Crippen LogP contribution >= 0.6 is 11.6 Å². The summed E-state index contributed by atoms with van der Waals surface area (Å²) in [4.78, 5) is 12.5. The molecule has 0 N–H and O–H groups in total. The molecule has 0 spiro atoms. The van der Waals surface area contributed by atoms with Gasteiger partial charge in [-0.25, -0.2) is 0 Å². The van der Waals surface area contributed by atoms with E-state index >= 15 is 0 Å². The number of hydrogen-bond acceptors (Lipinski definition) is 3. The third-order valence-electron chi connectivity index (χ3n) is 3.10. The summed E-state index contributed by atoms with van der Waals surface area (Å²) in [6.45, 7) is 0. The molecule has 0 bridgehead atoms. The third kappa shape index (κ3) is 3.46. The molecule has 0 aliphatic rings. The van der Waals surface area contributed by atoms with Gasteiger partial charge in [-0.15, -0.1) is 0 Å². The van der Waals surface area contributed by atoms with Crippen LogP contribution in [-0.4, -0.2) is 12.9 Å². The Morgan fingerprint density at radius 2 is 1.87 bits per heavy atom. The van der Waals surface area contributed by atoms with Crippen LogP contribution in [0.25, 0.3) is 0 Å². The van der Waals surface area contributed by atoms with Gasteiger partial charge < -0.3 is 4.74 Å². The Bertz CT molecular complexity index is 810. The minimum atomic E-state index is -4.77. The first-order valence-electron chi connectivity index (χ1n) is 6.27. The number of halogens is 4. The largest absolute Gasteiger partial charge is 0.496 e. The molecule has 0 aromatic heterocycles. The van der Waals surface area contributed by atoms with Crippen molar-refractivity contribution in [3.8, 4) is 11.8 Å². The molecule has 7 heteroatoms. The van der Waals surface area contributed by atoms with Crippen LogP contribution in [0.3, 0.4) is 0 Å². The van der Waals surface area contributed by atoms with E-state index in [1.54, 1.807) is 6.07 Å². The number of rotatable bonds is 3. The first-order valence-corrected chi connectivity index (χ1v) is 6.65. The van der Waals surface area contributed by atoms with Crippen LogP contribution in [0.5, 0.6) is 5.75 Å². The van der Waals surface area contributed by atoms with Crippen molar-refractivity contribution in [3.63, 3.8) is 0 Å². The number of alkyl halides is 3. The van der Waals surface area contributed by atoms with E-state index in [0.29, 0.717) is 6.07 Å². The number of nitrogens with zero attached hydrogens (tertiary/aromatic N) is 1. The lowest BCUT2D eigenvalue weighted by atomic mass is 9.96. The van der Waals surface area contributed by atoms with Gasteiger partial charge in [0.15, 0.2) is 5.78 Å². The zero-order valence-corrected chi connectivity index (χ0v) is 12.5. The smallest absolute Gasteiger partial charge is 0.417 e. The molecule has 0 aliphatic carbocycles. The Morgan fingerprint density at radius 1 is 1.17 bits per heavy atom. The van der Waals surface area contributed by atoms with E-state index in [1.165, 1.54) is 25.3 Å². The number of hydrogen-bond donors (Lipinski definition) is 0. The Morgan fingerprint density at radius 3 is 2.43 bits per heavy atom. The minimum Gasteiger partial charge on any atom is -0.496 e. The molecule has 0 radical (unpaired) electrons. The normalized spacial score (nSPS) is 11.0. The Labute approximate surface area is 134 Å². The highest BCUT2D eigenvalue weighted by molar-refractivity contribution is 6.31. The van der Waals surface area contributed by atoms with Crippen LogP contribution in [0.15, 0.2) is 36.4 Å². The van der Waals surface area contributed by atoms with Gasteiger partial charge in [0, 0.05) is 10.6 Å². The summed E-state index contributed by atoms with van der Waals surface area (Å²) in [6.07, 6.45) is -4.77. The molecule has 0 fully saturated rings. The number of carbonyl (C=O) groups is 1. The molecular formula is C16H9ClF3NO2. The minimum absolute atomic E-state index is 0.0878. The average Bonchev–Trinajstić information content (AvgIpc) is 2.52. The number of ketones is 1. The molecule has 2 aromatic carbocycles. The Balaban J connectivity index is 2.65. The number of ether oxygens (including phenoxy) is 1. The molecule has 2 aromatic rings. The second kappa shape index (κ2) is 6.31. The predicted molar refractivity (Wildman–Crippen MR) is 77.6 cm³/mol. The van der Waals surface area contributed by atoms with E-state index in [1.807, 2.05) is 0 Å². The highest BCUT2D eigenvalue weighted by atomic mass is 35.5. The average molecular weight is 340 g/mol. The van der Waals surface area contributed by atoms with E-state index in [0.717, 1.165) is 12.1 Å². The van der Waals surface area contributed by atoms with E-state index in [4.69, 9.17) is 21.6 Å². The number of benzene rings is 2. The zero-order valence-electron chi connectivity index (χ0n) is 11.7. The Kier molecular flexibility index (Phi) is 4.62. The molecule has 0 amide bonds. The van der Waals surface area contributed by atoms with Crippen molar-refractivity contribution in [2.75, 3.05) is 7.11 Å². The molecule has 0 heterocycles. The first-order chi connectivity index (χ1) is 10.8. The van der Waals surface area contributed by atoms with Crippen LogP contribution < -0.4 is 4.74 Å². The summed E-state index contributed by atoms with van der Waals surface area (Å²) in [5.74, 6) is -0.780. The lowest BCUT2D eigenvalue weighted by molar-refractivity contribution is -0.137. The second-order valence-corrected chi connectivity index (χ2v) is 4.98. The van der Waals surface area contributed by atoms with Gasteiger partial charge in [-0.05, 0) is 36.4 Å². The quantitative estimate of drug-likeness (QED) is 0.775. The van der Waals surface area contributed by atoms with Crippen molar-refractivity contribution in [1.29, 1.82) is 5.26 Å². The van der Waals surface area contributed by atoms with Gasteiger partial charge in [-0.1, -0.05) is 11.6 Å². The zero-order chi connectivity index (χ0) is 17.2. The van der Waals surface area contributed by atoms with E-state index in [-0.39, 0.29) is 21.9 Å². The van der Waals surface area contributed by atoms with Gasteiger partial charge in [0.25, 0.3) is 0 Å². The fraction of sp³-hybridized carbons (Fsp3) is 0.125. The van der Waals surface area contributed by atoms with Gasteiger partial charge in [0.2, 0.25) is 0 Å². The van der Waals surface area contributed by atoms with E-state index in [9.17, 15) is 18.0 Å². The topological polar surface area (TPSA) is 50.1 Å². The van der Waals surface area contributed by atoms with Crippen LogP contribution in [0.1, 0.15) is 27.0 Å². The van der Waals surface area contributed by atoms with Gasteiger partial charge in [0.1, 0.15) is 5.75 Å². The summed E-state index contributed by atoms with van der Waals surface area (Å²) in [5, 5.41) is 8.94. The molecule has 118 valence electrons. The fourth-order valence-corrected chi connectivity index (χ4v) is 2.22. The maximum Gasteiger partial charge on any atom is 0.417 e. The summed E-state index contributed by atoms with van der Waals surface area (Å²) in [5.41, 5.74) is -2.03. The number of carbonyl (C=O) groups excluding carboxylic acids is 1. The summed E-state index contributed by atoms with van der Waals surface area (Å²) < 4.78 is 44.6. The van der Waals surface area contributed by atoms with E-state index < -0.39 is 23.1 Å². The monoisotopic (exact) mass is 339 g/mol. The highest BCUT2D eigenvalue weighted by Crippen LogP contribution is 2.35. The van der Waals surface area contributed by atoms with Crippen LogP contribution in [0.2, 0.25) is 5.02 Å². The second-order valence-electron chi connectivity index (χ2n) is 4.54. The molecule has 0 unspecified atom stereocenters. The van der Waals surface area contributed by atoms with E-state index in [2.05, 4.69) is 0 Å². The molecular weight excluding hydrogens is 331 g/mol. The molecule has 23 heavy (non-hydrogen) atoms. The van der Waals surface area contributed by atoms with Crippen molar-refractivity contribution in [2.45, 2.75) is 6.18 Å². The molecule has 3 nitrogen and oxygen atoms in total. The fourth-order valence-electron chi connectivity index (χ4n) is 2.05. The predicted octanol–water partition coefficient (Wildman–Crippen LogP) is 4.47. The van der Waals surface area contributed by atoms with Crippen molar-refractivity contribution >= 4 is 17.4 Å². The van der Waals surface area contributed by atoms with Gasteiger partial charge in [-0.2, -0.15) is 18.4 Å². The molecule has 0 atom stereocenters. The lowest BCUT2D eigenvalue weighted by Crippen LogP contribution is -2.15. The molecule has 2 rings (SSSR count). The number of methoxy groups -OCH3 is 1. The van der Waals surface area contributed by atoms with Gasteiger partial charge >= 0.3 is 6.18 Å². The standard InChI is InChI=1S/C16H9ClF3NO2/c1-23-14-5-3-10(17)7-12(14)15(22)11-4-2-9(8-21)6-13(11)16(18,19)20/h2-7H,1H3. The molecule has 0 aliphatic heterocycles. The van der Waals surface area contributed by atoms with Crippen molar-refractivity contribution in [1.82, 2.24) is 0 Å². The van der Waals surface area contributed by atoms with Gasteiger partial charge in [0.05, 0.1) is 29.9 Å². The van der Waals surface area contributed by atoms with Crippen LogP contribution in [-0.2, 0) is 6.18 Å². The van der Waals surface area contributed by atoms with Crippen LogP contribution in [0, 0.1) is 11.3 Å². The lowest BCUT2D eigenvalue weighted by Gasteiger charge is -2.14. The molecule has 0 saturated heterocycles. The van der Waals surface area contributed by atoms with Crippen molar-refractivity contribution in [3.05, 3.63) is 63.7 Å². The van der Waals surface area contributed by atoms with Crippen molar-refractivity contribution in [2.24, 2.45) is 0 Å². The summed E-state index contributed by atoms with van der Waals surface area (Å²) in [6, 6.07) is 8.48. The Hall–Kier alpha value is -2.52. The number of nitriles is 1. The molecule has 0 saturated carbocycles. The third-order valence-corrected chi connectivity index (χ3v) is 3.34. The summed E-state index contributed by atoms with van der Waals surface area (Å²) >= 11 is 5.81. The first kappa shape index (κ1) is 16.8. The van der Waals surface area contributed by atoms with Crippen LogP contribution in [0.4, 0.5) is 13.2 Å². The highest BCUT2D eigenvalue weighted by Gasteiger charge is 2.36. The summed E-state index contributed by atoms with van der Waals surface area (Å²) in [7, 11) is 1.30. The SMILES string of the molecule is COc1ccc(Cl)cc1C(=O)c1ccc(C#N)cc1C(F)(F)F.